The van der Waals surface area contributed by atoms with Gasteiger partial charge in [0.1, 0.15) is 23.9 Å². The van der Waals surface area contributed by atoms with Gasteiger partial charge in [0.2, 0.25) is 0 Å². The summed E-state index contributed by atoms with van der Waals surface area (Å²) in [5.74, 6) is 1.19. The number of hydrogen-bond donors (Lipinski definition) is 0. The molecule has 0 atom stereocenters. The Bertz CT molecular complexity index is 985. The van der Waals surface area contributed by atoms with Crippen molar-refractivity contribution in [1.29, 1.82) is 0 Å². The van der Waals surface area contributed by atoms with Crippen LogP contribution in [-0.4, -0.2) is 12.6 Å². The summed E-state index contributed by atoms with van der Waals surface area (Å²) < 4.78 is 16.4. The number of benzene rings is 2. The van der Waals surface area contributed by atoms with Crippen LogP contribution in [0.2, 0.25) is 10.0 Å². The van der Waals surface area contributed by atoms with E-state index in [1.54, 1.807) is 24.3 Å². The van der Waals surface area contributed by atoms with Crippen molar-refractivity contribution in [3.05, 3.63) is 76.0 Å². The molecule has 0 aliphatic carbocycles. The van der Waals surface area contributed by atoms with Gasteiger partial charge in [-0.3, -0.25) is 0 Å². The first kappa shape index (κ1) is 21.3. The molecule has 0 aliphatic heterocycles. The predicted molar refractivity (Wildman–Crippen MR) is 115 cm³/mol. The van der Waals surface area contributed by atoms with E-state index in [9.17, 15) is 4.79 Å². The second-order valence-electron chi connectivity index (χ2n) is 7.59. The average molecular weight is 433 g/mol. The first-order chi connectivity index (χ1) is 13.7. The Kier molecular flexibility index (Phi) is 6.56. The maximum atomic E-state index is 12.0. The molecule has 2 aromatic carbocycles. The molecular formula is C23H22Cl2O4. The average Bonchev–Trinajstić information content (AvgIpc) is 3.15. The number of ether oxygens (including phenoxy) is 2. The zero-order valence-corrected chi connectivity index (χ0v) is 18.0. The van der Waals surface area contributed by atoms with E-state index in [0.717, 1.165) is 0 Å². The zero-order chi connectivity index (χ0) is 21.0. The summed E-state index contributed by atoms with van der Waals surface area (Å²) in [5.41, 5.74) is 1.94. The molecule has 0 saturated carbocycles. The van der Waals surface area contributed by atoms with E-state index < -0.39 is 5.97 Å². The van der Waals surface area contributed by atoms with Gasteiger partial charge in [-0.15, -0.1) is 0 Å². The summed E-state index contributed by atoms with van der Waals surface area (Å²) in [5, 5.41) is 0.860. The maximum Gasteiger partial charge on any atom is 0.344 e. The second kappa shape index (κ2) is 8.93. The molecule has 1 heterocycles. The lowest BCUT2D eigenvalue weighted by atomic mass is 9.87. The maximum absolute atomic E-state index is 12.0. The van der Waals surface area contributed by atoms with Gasteiger partial charge in [0.05, 0.1) is 10.0 Å². The number of carbonyl (C=O) groups is 1. The standard InChI is InChI=1S/C23H22Cl2O4/c1-23(2,3)15-7-9-16(10-8-15)27-14-21(26)28-13-17-11-12-20(29-17)18-5-4-6-19(24)22(18)25/h4-12H,13-14H2,1-3H3. The van der Waals surface area contributed by atoms with Crippen LogP contribution in [0.25, 0.3) is 11.3 Å². The molecule has 0 N–H and O–H groups in total. The molecule has 0 spiro atoms. The molecule has 0 amide bonds. The minimum absolute atomic E-state index is 0.00331. The topological polar surface area (TPSA) is 48.7 Å². The highest BCUT2D eigenvalue weighted by atomic mass is 35.5. The summed E-state index contributed by atoms with van der Waals surface area (Å²) in [6.07, 6.45) is 0. The van der Waals surface area contributed by atoms with Crippen LogP contribution in [0, 0.1) is 0 Å². The van der Waals surface area contributed by atoms with E-state index in [1.165, 1.54) is 5.56 Å². The minimum atomic E-state index is -0.483. The fourth-order valence-electron chi connectivity index (χ4n) is 2.68. The molecule has 0 aliphatic rings. The number of furan rings is 1. The van der Waals surface area contributed by atoms with Crippen LogP contribution in [0.5, 0.6) is 5.75 Å². The van der Waals surface area contributed by atoms with Gasteiger partial charge in [-0.05, 0) is 47.4 Å². The molecule has 0 fully saturated rings. The Morgan fingerprint density at radius 2 is 1.72 bits per heavy atom. The lowest BCUT2D eigenvalue weighted by Gasteiger charge is -2.19. The van der Waals surface area contributed by atoms with Crippen molar-refractivity contribution in [2.75, 3.05) is 6.61 Å². The van der Waals surface area contributed by atoms with Gasteiger partial charge in [-0.25, -0.2) is 4.79 Å². The Morgan fingerprint density at radius 1 is 1.00 bits per heavy atom. The minimum Gasteiger partial charge on any atom is -0.482 e. The van der Waals surface area contributed by atoms with Crippen molar-refractivity contribution < 1.29 is 18.7 Å². The quantitative estimate of drug-likeness (QED) is 0.407. The lowest BCUT2D eigenvalue weighted by Crippen LogP contribution is -2.15. The van der Waals surface area contributed by atoms with E-state index in [-0.39, 0.29) is 18.6 Å². The van der Waals surface area contributed by atoms with Gasteiger partial charge in [-0.2, -0.15) is 0 Å². The van der Waals surface area contributed by atoms with Gasteiger partial charge in [0.25, 0.3) is 0 Å². The molecule has 152 valence electrons. The van der Waals surface area contributed by atoms with Crippen molar-refractivity contribution in [3.63, 3.8) is 0 Å². The van der Waals surface area contributed by atoms with Crippen LogP contribution >= 0.6 is 23.2 Å². The van der Waals surface area contributed by atoms with Crippen LogP contribution in [0.1, 0.15) is 32.1 Å². The first-order valence-electron chi connectivity index (χ1n) is 9.16. The molecule has 3 aromatic rings. The molecule has 0 unspecified atom stereocenters. The second-order valence-corrected chi connectivity index (χ2v) is 8.38. The van der Waals surface area contributed by atoms with Gasteiger partial charge in [-0.1, -0.05) is 62.2 Å². The number of esters is 1. The van der Waals surface area contributed by atoms with E-state index in [4.69, 9.17) is 37.1 Å². The molecule has 3 rings (SSSR count). The summed E-state index contributed by atoms with van der Waals surface area (Å²) in [4.78, 5) is 12.0. The van der Waals surface area contributed by atoms with Crippen molar-refractivity contribution in [2.45, 2.75) is 32.8 Å². The van der Waals surface area contributed by atoms with E-state index >= 15 is 0 Å². The van der Waals surface area contributed by atoms with Crippen LogP contribution in [-0.2, 0) is 21.6 Å². The number of hydrogen-bond acceptors (Lipinski definition) is 4. The van der Waals surface area contributed by atoms with Crippen molar-refractivity contribution in [2.24, 2.45) is 0 Å². The van der Waals surface area contributed by atoms with Crippen LogP contribution < -0.4 is 4.74 Å². The third-order valence-electron chi connectivity index (χ3n) is 4.33. The van der Waals surface area contributed by atoms with Gasteiger partial charge < -0.3 is 13.9 Å². The Balaban J connectivity index is 1.51. The van der Waals surface area contributed by atoms with Gasteiger partial charge in [0.15, 0.2) is 6.61 Å². The van der Waals surface area contributed by atoms with E-state index in [1.807, 2.05) is 30.3 Å². The third-order valence-corrected chi connectivity index (χ3v) is 5.15. The molecule has 0 saturated heterocycles. The highest BCUT2D eigenvalue weighted by Crippen LogP contribution is 2.34. The van der Waals surface area contributed by atoms with Crippen LogP contribution in [0.4, 0.5) is 0 Å². The summed E-state index contributed by atoms with van der Waals surface area (Å²) in [6, 6.07) is 16.5. The number of halogens is 2. The first-order valence-corrected chi connectivity index (χ1v) is 9.92. The number of rotatable bonds is 6. The summed E-state index contributed by atoms with van der Waals surface area (Å²) >= 11 is 12.2. The normalized spacial score (nSPS) is 11.3. The Hall–Kier alpha value is -2.43. The molecule has 0 radical (unpaired) electrons. The molecule has 0 bridgehead atoms. The fourth-order valence-corrected chi connectivity index (χ4v) is 3.07. The predicted octanol–water partition coefficient (Wildman–Crippen LogP) is 6.67. The van der Waals surface area contributed by atoms with E-state index in [0.29, 0.717) is 32.9 Å². The van der Waals surface area contributed by atoms with Crippen LogP contribution in [0.15, 0.2) is 59.0 Å². The monoisotopic (exact) mass is 432 g/mol. The van der Waals surface area contributed by atoms with Crippen molar-refractivity contribution in [1.82, 2.24) is 0 Å². The van der Waals surface area contributed by atoms with Crippen molar-refractivity contribution in [3.8, 4) is 17.1 Å². The smallest absolute Gasteiger partial charge is 0.344 e. The van der Waals surface area contributed by atoms with Gasteiger partial charge >= 0.3 is 5.97 Å². The largest absolute Gasteiger partial charge is 0.482 e. The summed E-state index contributed by atoms with van der Waals surface area (Å²) in [6.45, 7) is 6.24. The molecule has 6 heteroatoms. The van der Waals surface area contributed by atoms with Gasteiger partial charge in [0, 0.05) is 5.56 Å². The fraction of sp³-hybridized carbons (Fsp3) is 0.261. The Morgan fingerprint density at radius 3 is 2.41 bits per heavy atom. The summed E-state index contributed by atoms with van der Waals surface area (Å²) in [7, 11) is 0. The number of carbonyl (C=O) groups excluding carboxylic acids is 1. The van der Waals surface area contributed by atoms with Crippen LogP contribution in [0.3, 0.4) is 0 Å². The van der Waals surface area contributed by atoms with Crippen molar-refractivity contribution >= 4 is 29.2 Å². The highest BCUT2D eigenvalue weighted by molar-refractivity contribution is 6.43. The third kappa shape index (κ3) is 5.55. The van der Waals surface area contributed by atoms with E-state index in [2.05, 4.69) is 20.8 Å². The zero-order valence-electron chi connectivity index (χ0n) is 16.5. The highest BCUT2D eigenvalue weighted by Gasteiger charge is 2.14. The Labute approximate surface area is 180 Å². The lowest BCUT2D eigenvalue weighted by molar-refractivity contribution is -0.147. The SMILES string of the molecule is CC(C)(C)c1ccc(OCC(=O)OCc2ccc(-c3cccc(Cl)c3Cl)o2)cc1. The molecular weight excluding hydrogens is 411 g/mol. The molecule has 1 aromatic heterocycles. The molecule has 4 nitrogen and oxygen atoms in total. The molecule has 29 heavy (non-hydrogen) atoms.